The molecular weight excluding hydrogens is 312 g/mol. The van der Waals surface area contributed by atoms with E-state index in [2.05, 4.69) is 25.8 Å². The van der Waals surface area contributed by atoms with Gasteiger partial charge >= 0.3 is 6.03 Å². The summed E-state index contributed by atoms with van der Waals surface area (Å²) in [5.41, 5.74) is 1.03. The molecular formula is C15H16N6O3. The first kappa shape index (κ1) is 15.7. The van der Waals surface area contributed by atoms with Crippen molar-refractivity contribution in [1.29, 1.82) is 0 Å². The maximum absolute atomic E-state index is 12.3. The second kappa shape index (κ2) is 6.90. The number of carbonyl (C=O) groups is 3. The van der Waals surface area contributed by atoms with Gasteiger partial charge in [0.25, 0.3) is 5.91 Å². The summed E-state index contributed by atoms with van der Waals surface area (Å²) in [6.45, 7) is 0.273. The summed E-state index contributed by atoms with van der Waals surface area (Å²) in [5, 5.41) is 11.1. The Bertz CT molecular complexity index is 731. The van der Waals surface area contributed by atoms with Crippen LogP contribution in [0, 0.1) is 0 Å². The van der Waals surface area contributed by atoms with Crippen molar-refractivity contribution in [3.63, 3.8) is 0 Å². The molecule has 124 valence electrons. The van der Waals surface area contributed by atoms with Crippen molar-refractivity contribution in [1.82, 2.24) is 25.4 Å². The lowest BCUT2D eigenvalue weighted by Gasteiger charge is -2.12. The molecule has 0 spiro atoms. The van der Waals surface area contributed by atoms with Crippen LogP contribution in [0.3, 0.4) is 0 Å². The highest BCUT2D eigenvalue weighted by atomic mass is 16.2. The number of rotatable bonds is 6. The number of aromatic amines is 1. The monoisotopic (exact) mass is 328 g/mol. The molecule has 1 fully saturated rings. The number of nitrogens with one attached hydrogen (secondary N) is 3. The summed E-state index contributed by atoms with van der Waals surface area (Å²) in [6, 6.07) is 8.22. The maximum Gasteiger partial charge on any atom is 0.324 e. The molecule has 1 aliphatic heterocycles. The summed E-state index contributed by atoms with van der Waals surface area (Å²) < 4.78 is 0. The van der Waals surface area contributed by atoms with E-state index < -0.39 is 23.9 Å². The Balaban J connectivity index is 1.54. The molecule has 1 atom stereocenters. The van der Waals surface area contributed by atoms with Crippen molar-refractivity contribution in [2.45, 2.75) is 18.9 Å². The van der Waals surface area contributed by atoms with E-state index in [1.807, 2.05) is 30.3 Å². The van der Waals surface area contributed by atoms with Gasteiger partial charge in [0.2, 0.25) is 11.9 Å². The first-order valence-electron chi connectivity index (χ1n) is 7.44. The summed E-state index contributed by atoms with van der Waals surface area (Å²) in [5.74, 6) is -0.642. The van der Waals surface area contributed by atoms with Gasteiger partial charge in [0.1, 0.15) is 12.4 Å². The van der Waals surface area contributed by atoms with Crippen LogP contribution >= 0.6 is 0 Å². The van der Waals surface area contributed by atoms with Crippen LogP contribution < -0.4 is 10.6 Å². The number of urea groups is 1. The van der Waals surface area contributed by atoms with Gasteiger partial charge in [-0.2, -0.15) is 10.1 Å². The average molecular weight is 328 g/mol. The highest BCUT2D eigenvalue weighted by molar-refractivity contribution is 6.06. The molecule has 1 saturated heterocycles. The lowest BCUT2D eigenvalue weighted by molar-refractivity contribution is -0.129. The SMILES string of the molecule is O=C(CC1NC(=O)N(CCc2ccccc2)C1=O)Nc1ncn[nH]1. The second-order valence-corrected chi connectivity index (χ2v) is 5.31. The van der Waals surface area contributed by atoms with E-state index in [1.54, 1.807) is 0 Å². The van der Waals surface area contributed by atoms with Crippen LogP contribution in [-0.4, -0.2) is 50.5 Å². The van der Waals surface area contributed by atoms with Crippen molar-refractivity contribution < 1.29 is 14.4 Å². The lowest BCUT2D eigenvalue weighted by atomic mass is 10.1. The quantitative estimate of drug-likeness (QED) is 0.659. The largest absolute Gasteiger partial charge is 0.325 e. The van der Waals surface area contributed by atoms with Crippen LogP contribution in [0.1, 0.15) is 12.0 Å². The Morgan fingerprint density at radius 1 is 1.25 bits per heavy atom. The van der Waals surface area contributed by atoms with Crippen molar-refractivity contribution in [3.05, 3.63) is 42.2 Å². The van der Waals surface area contributed by atoms with Crippen LogP contribution in [0.4, 0.5) is 10.7 Å². The predicted octanol–water partition coefficient (Wildman–Crippen LogP) is 0.296. The molecule has 1 unspecified atom stereocenters. The summed E-state index contributed by atoms with van der Waals surface area (Å²) >= 11 is 0. The van der Waals surface area contributed by atoms with Crippen molar-refractivity contribution in [2.75, 3.05) is 11.9 Å². The van der Waals surface area contributed by atoms with E-state index in [-0.39, 0.29) is 18.9 Å². The highest BCUT2D eigenvalue weighted by Crippen LogP contribution is 2.12. The molecule has 24 heavy (non-hydrogen) atoms. The molecule has 2 heterocycles. The smallest absolute Gasteiger partial charge is 0.324 e. The number of aromatic nitrogens is 3. The molecule has 4 amide bonds. The lowest BCUT2D eigenvalue weighted by Crippen LogP contribution is -2.35. The van der Waals surface area contributed by atoms with Crippen molar-refractivity contribution >= 4 is 23.8 Å². The van der Waals surface area contributed by atoms with E-state index >= 15 is 0 Å². The van der Waals surface area contributed by atoms with Gasteiger partial charge in [0.15, 0.2) is 0 Å². The summed E-state index contributed by atoms with van der Waals surface area (Å²) in [6.07, 6.45) is 1.66. The number of imide groups is 1. The van der Waals surface area contributed by atoms with Gasteiger partial charge < -0.3 is 5.32 Å². The number of carbonyl (C=O) groups excluding carboxylic acids is 3. The Hall–Kier alpha value is -3.23. The third kappa shape index (κ3) is 3.57. The zero-order valence-corrected chi connectivity index (χ0v) is 12.7. The van der Waals surface area contributed by atoms with Gasteiger partial charge in [0.05, 0.1) is 6.42 Å². The number of hydrogen-bond donors (Lipinski definition) is 3. The summed E-state index contributed by atoms with van der Waals surface area (Å²) in [4.78, 5) is 41.0. The predicted molar refractivity (Wildman–Crippen MR) is 83.8 cm³/mol. The molecule has 0 saturated carbocycles. The Labute approximate surface area is 137 Å². The summed E-state index contributed by atoms with van der Waals surface area (Å²) in [7, 11) is 0. The minimum absolute atomic E-state index is 0.160. The normalized spacial score (nSPS) is 17.0. The second-order valence-electron chi connectivity index (χ2n) is 5.31. The van der Waals surface area contributed by atoms with Crippen LogP contribution in [0.5, 0.6) is 0 Å². The van der Waals surface area contributed by atoms with Gasteiger partial charge in [-0.25, -0.2) is 9.89 Å². The number of hydrogen-bond acceptors (Lipinski definition) is 5. The van der Waals surface area contributed by atoms with Gasteiger partial charge in [-0.3, -0.25) is 19.8 Å². The molecule has 9 heteroatoms. The number of anilines is 1. The van der Waals surface area contributed by atoms with Crippen LogP contribution in [-0.2, 0) is 16.0 Å². The fraction of sp³-hybridized carbons (Fsp3) is 0.267. The number of benzene rings is 1. The fourth-order valence-corrected chi connectivity index (χ4v) is 2.45. The molecule has 1 aromatic carbocycles. The number of amides is 4. The number of H-pyrrole nitrogens is 1. The van der Waals surface area contributed by atoms with E-state index in [4.69, 9.17) is 0 Å². The number of nitrogens with zero attached hydrogens (tertiary/aromatic N) is 3. The van der Waals surface area contributed by atoms with Gasteiger partial charge in [-0.1, -0.05) is 30.3 Å². The first-order chi connectivity index (χ1) is 11.6. The zero-order valence-electron chi connectivity index (χ0n) is 12.7. The molecule has 3 rings (SSSR count). The molecule has 1 aromatic heterocycles. The minimum Gasteiger partial charge on any atom is -0.325 e. The van der Waals surface area contributed by atoms with Crippen LogP contribution in [0.25, 0.3) is 0 Å². The average Bonchev–Trinajstić information content (AvgIpc) is 3.16. The molecule has 9 nitrogen and oxygen atoms in total. The van der Waals surface area contributed by atoms with Gasteiger partial charge in [-0.05, 0) is 12.0 Å². The van der Waals surface area contributed by atoms with Crippen LogP contribution in [0.2, 0.25) is 0 Å². The first-order valence-corrected chi connectivity index (χ1v) is 7.44. The Morgan fingerprint density at radius 3 is 2.75 bits per heavy atom. The molecule has 0 aliphatic carbocycles. The standard InChI is InChI=1S/C15H16N6O3/c22-12(19-14-16-9-17-20-14)8-11-13(23)21(15(24)18-11)7-6-10-4-2-1-3-5-10/h1-5,9,11H,6-8H2,(H,18,24)(H2,16,17,19,20,22). The van der Waals surface area contributed by atoms with Gasteiger partial charge in [0, 0.05) is 6.54 Å². The van der Waals surface area contributed by atoms with E-state index in [1.165, 1.54) is 6.33 Å². The molecule has 3 N–H and O–H groups in total. The third-order valence-corrected chi connectivity index (χ3v) is 3.64. The van der Waals surface area contributed by atoms with E-state index in [0.717, 1.165) is 10.5 Å². The van der Waals surface area contributed by atoms with Gasteiger partial charge in [-0.15, -0.1) is 0 Å². The highest BCUT2D eigenvalue weighted by Gasteiger charge is 2.38. The molecule has 0 radical (unpaired) electrons. The molecule has 0 bridgehead atoms. The molecule has 2 aromatic rings. The van der Waals surface area contributed by atoms with Crippen LogP contribution in [0.15, 0.2) is 36.7 Å². The topological polar surface area (TPSA) is 120 Å². The van der Waals surface area contributed by atoms with Crippen molar-refractivity contribution in [2.24, 2.45) is 0 Å². The van der Waals surface area contributed by atoms with E-state index in [0.29, 0.717) is 6.42 Å². The third-order valence-electron chi connectivity index (χ3n) is 3.64. The minimum atomic E-state index is -0.865. The molecule has 1 aliphatic rings. The van der Waals surface area contributed by atoms with E-state index in [9.17, 15) is 14.4 Å². The zero-order chi connectivity index (χ0) is 16.9. The Kier molecular flexibility index (Phi) is 4.50. The fourth-order valence-electron chi connectivity index (χ4n) is 2.45. The maximum atomic E-state index is 12.3. The Morgan fingerprint density at radius 2 is 2.04 bits per heavy atom. The van der Waals surface area contributed by atoms with Crippen molar-refractivity contribution in [3.8, 4) is 0 Å².